The zero-order valence-corrected chi connectivity index (χ0v) is 69.2. The molecule has 4 aliphatic rings. The molecule has 1 N–H and O–H groups in total. The van der Waals surface area contributed by atoms with Gasteiger partial charge in [-0.2, -0.15) is 0 Å². The fourth-order valence-corrected chi connectivity index (χ4v) is 23.2. The zero-order valence-electron chi connectivity index (χ0n) is 58.3. The summed E-state index contributed by atoms with van der Waals surface area (Å²) in [7, 11) is 1.91. The maximum Gasteiger partial charge on any atom is 2.00 e. The van der Waals surface area contributed by atoms with Crippen molar-refractivity contribution in [1.82, 2.24) is 5.32 Å². The molecule has 12 heteroatoms. The van der Waals surface area contributed by atoms with Crippen LogP contribution in [0.2, 0.25) is 0 Å². The molecule has 0 aromatic heterocycles. The molecule has 0 unspecified atom stereocenters. The maximum absolute atomic E-state index is 2.75. The Bertz CT molecular complexity index is 3580. The molecule has 0 heterocycles. The van der Waals surface area contributed by atoms with Gasteiger partial charge in [-0.1, -0.05) is 375 Å². The summed E-state index contributed by atoms with van der Waals surface area (Å²) in [5.74, 6) is 0. The van der Waals surface area contributed by atoms with Gasteiger partial charge < -0.3 is 42.5 Å². The molecule has 0 fully saturated rings. The van der Waals surface area contributed by atoms with Gasteiger partial charge in [-0.05, 0) is 257 Å². The standard InChI is InChI=1S/4C22H21P.C2H7N.8CH4.5ClH.2Ru/c4*1-3-11-20(12-4-1)23(21-13-5-2-6-14-21)22-16-15-18-9-7-8-10-19(18)17-22;1-3-2;;;;;;;;;;;;;;;/h4*1-6,11-17H,7-10H2;3H,1-2H3;8*1H4;5*1H;;/q;;;;;;;;;;;;;;;;;;2*+2/p-3. The van der Waals surface area contributed by atoms with Crippen LogP contribution in [0.1, 0.15) is 155 Å². The van der Waals surface area contributed by atoms with E-state index in [1.165, 1.54) is 166 Å². The number of fused-ring (bicyclic) bond motifs is 4. The summed E-state index contributed by atoms with van der Waals surface area (Å²) in [5.41, 5.74) is 12.6. The van der Waals surface area contributed by atoms with Gasteiger partial charge in [-0.25, -0.2) is 0 Å². The Labute approximate surface area is 731 Å². The van der Waals surface area contributed by atoms with Gasteiger partial charge in [0, 0.05) is 0 Å². The molecule has 592 valence electrons. The Morgan fingerprint density at radius 1 is 0.182 bits per heavy atom. The minimum atomic E-state index is -0.461. The van der Waals surface area contributed by atoms with Crippen LogP contribution in [0, 0.1) is 0 Å². The summed E-state index contributed by atoms with van der Waals surface area (Å²) >= 11 is 0. The maximum atomic E-state index is 2.75. The summed E-state index contributed by atoms with van der Waals surface area (Å²) < 4.78 is 0. The van der Waals surface area contributed by atoms with Crippen molar-refractivity contribution in [3.8, 4) is 0 Å². The molecule has 12 aromatic rings. The largest absolute Gasteiger partial charge is 2.00 e. The number of aryl methyl sites for hydroxylation is 8. The van der Waals surface area contributed by atoms with E-state index in [4.69, 9.17) is 0 Å². The molecular formula is C98H125Cl5NP4Ru2+. The second-order valence-electron chi connectivity index (χ2n) is 25.2. The first-order chi connectivity index (χ1) is 47.1. The fraction of sp³-hybridized carbons (Fsp3) is 0.265. The summed E-state index contributed by atoms with van der Waals surface area (Å²) in [6.45, 7) is 0. The first-order valence-corrected chi connectivity index (χ1v) is 40.1. The predicted molar refractivity (Wildman–Crippen MR) is 490 cm³/mol. The Morgan fingerprint density at radius 2 is 0.300 bits per heavy atom. The van der Waals surface area contributed by atoms with Crippen molar-refractivity contribution >= 4 is 120 Å². The summed E-state index contributed by atoms with van der Waals surface area (Å²) in [5, 5.41) is 20.2. The summed E-state index contributed by atoms with van der Waals surface area (Å²) in [6, 6.07) is 117. The quantitative estimate of drug-likeness (QED) is 0.0950. The molecule has 110 heavy (non-hydrogen) atoms. The van der Waals surface area contributed by atoms with Crippen molar-refractivity contribution in [3.63, 3.8) is 0 Å². The number of hydrogen-bond acceptors (Lipinski definition) is 1. The summed E-state index contributed by atoms with van der Waals surface area (Å²) in [4.78, 5) is 0. The van der Waals surface area contributed by atoms with Crippen molar-refractivity contribution < 1.29 is 76.2 Å². The van der Waals surface area contributed by atoms with Gasteiger partial charge in [-0.3, -0.25) is 0 Å². The van der Waals surface area contributed by atoms with Crippen LogP contribution in [-0.2, 0) is 90.3 Å². The Hall–Kier alpha value is -4.98. The summed E-state index contributed by atoms with van der Waals surface area (Å²) in [6.07, 6.45) is 20.7. The van der Waals surface area contributed by atoms with Crippen molar-refractivity contribution in [3.05, 3.63) is 360 Å². The van der Waals surface area contributed by atoms with Crippen LogP contribution in [0.25, 0.3) is 0 Å². The van der Waals surface area contributed by atoms with Gasteiger partial charge in [0.1, 0.15) is 0 Å². The molecule has 0 saturated carbocycles. The zero-order chi connectivity index (χ0) is 64.6. The van der Waals surface area contributed by atoms with E-state index in [0.717, 1.165) is 0 Å². The normalized spacial score (nSPS) is 11.7. The van der Waals surface area contributed by atoms with Crippen LogP contribution in [0.5, 0.6) is 0 Å². The van der Waals surface area contributed by atoms with E-state index in [2.05, 4.69) is 321 Å². The smallest absolute Gasteiger partial charge is 1.00 e. The molecule has 0 spiro atoms. The van der Waals surface area contributed by atoms with E-state index in [-0.39, 0.29) is 160 Å². The minimum absolute atomic E-state index is 0. The third-order valence-electron chi connectivity index (χ3n) is 18.5. The van der Waals surface area contributed by atoms with E-state index in [1.54, 1.807) is 44.5 Å². The second-order valence-corrected chi connectivity index (χ2v) is 34.0. The van der Waals surface area contributed by atoms with Gasteiger partial charge in [0.25, 0.3) is 0 Å². The molecule has 0 atom stereocenters. The number of hydrogen-bond donors (Lipinski definition) is 1. The average molecular weight is 1820 g/mol. The van der Waals surface area contributed by atoms with Gasteiger partial charge >= 0.3 is 39.0 Å². The van der Waals surface area contributed by atoms with E-state index in [0.29, 0.717) is 0 Å². The third kappa shape index (κ3) is 30.7. The molecule has 0 bridgehead atoms. The first kappa shape index (κ1) is 111. The van der Waals surface area contributed by atoms with Crippen LogP contribution in [0.15, 0.2) is 315 Å². The SMILES string of the molecule is C.C.C.C.C.C.C.C.CNC.Cl.Cl.[Cl-].[Cl-].[Cl-].[Ru+2].[Ru+2].c1ccc(P(c2ccccc2)c2ccc3c(c2)CCCC3)cc1.c1ccc(P(c2ccccc2)c2ccc3c(c2)CCCC3)cc1.c1ccc(P(c2ccccc2)c2ccc3c(c2)CCCC3)cc1.c1ccc(P(c2ccccc2)c2ccc3c(c2)CCCC3)cc1. The topological polar surface area (TPSA) is 12.0 Å². The molecule has 4 aliphatic carbocycles. The Morgan fingerprint density at radius 3 is 0.427 bits per heavy atom. The third-order valence-corrected chi connectivity index (χ3v) is 28.2. The van der Waals surface area contributed by atoms with Gasteiger partial charge in [0.15, 0.2) is 0 Å². The molecule has 0 amide bonds. The number of rotatable bonds is 12. The van der Waals surface area contributed by atoms with Gasteiger partial charge in [0.05, 0.1) is 0 Å². The monoisotopic (exact) mass is 1820 g/mol. The van der Waals surface area contributed by atoms with E-state index in [1.807, 2.05) is 14.1 Å². The number of halogens is 5. The van der Waals surface area contributed by atoms with Crippen molar-refractivity contribution in [1.29, 1.82) is 0 Å². The van der Waals surface area contributed by atoms with Gasteiger partial charge in [-0.15, -0.1) is 24.8 Å². The number of benzene rings is 12. The van der Waals surface area contributed by atoms with Crippen LogP contribution in [-0.4, -0.2) is 14.1 Å². The van der Waals surface area contributed by atoms with E-state index >= 15 is 0 Å². The van der Waals surface area contributed by atoms with Crippen LogP contribution in [0.3, 0.4) is 0 Å². The minimum Gasteiger partial charge on any atom is -1.00 e. The Balaban J connectivity index is -0.000000643. The molecule has 1 nitrogen and oxygen atoms in total. The van der Waals surface area contributed by atoms with Gasteiger partial charge in [0.2, 0.25) is 0 Å². The van der Waals surface area contributed by atoms with Crippen LogP contribution >= 0.6 is 56.5 Å². The van der Waals surface area contributed by atoms with Crippen molar-refractivity contribution in [2.24, 2.45) is 0 Å². The van der Waals surface area contributed by atoms with Crippen molar-refractivity contribution in [2.75, 3.05) is 14.1 Å². The van der Waals surface area contributed by atoms with Crippen LogP contribution < -0.4 is 106 Å². The predicted octanol–water partition coefficient (Wildman–Crippen LogP) is 14.1. The molecule has 0 aliphatic heterocycles. The van der Waals surface area contributed by atoms with E-state index in [9.17, 15) is 0 Å². The molecule has 0 radical (unpaired) electrons. The Kier molecular flexibility index (Phi) is 60.4. The molecule has 0 saturated heterocycles. The molecular weight excluding hydrogens is 1690 g/mol. The van der Waals surface area contributed by atoms with Crippen molar-refractivity contribution in [2.45, 2.75) is 162 Å². The number of nitrogens with one attached hydrogen (secondary N) is 1. The molecule has 16 rings (SSSR count). The second kappa shape index (κ2) is 59.7. The van der Waals surface area contributed by atoms with E-state index < -0.39 is 31.7 Å². The fourth-order valence-electron chi connectivity index (χ4n) is 13.8. The average Bonchev–Trinajstić information content (AvgIpc) is 0.817. The molecule has 12 aromatic carbocycles. The first-order valence-electron chi connectivity index (χ1n) is 34.7. The van der Waals surface area contributed by atoms with Crippen LogP contribution in [0.4, 0.5) is 0 Å².